The van der Waals surface area contributed by atoms with Gasteiger partial charge in [-0.15, -0.1) is 0 Å². The molecule has 1 N–H and O–H groups in total. The van der Waals surface area contributed by atoms with Gasteiger partial charge >= 0.3 is 6.09 Å². The van der Waals surface area contributed by atoms with E-state index in [1.807, 2.05) is 33.9 Å². The number of H-pyrrole nitrogens is 1. The van der Waals surface area contributed by atoms with Crippen LogP contribution in [0.25, 0.3) is 33.4 Å². The van der Waals surface area contributed by atoms with Crippen molar-refractivity contribution in [2.24, 2.45) is 0 Å². The molecule has 38 heavy (non-hydrogen) atoms. The molecule has 200 valence electrons. The monoisotopic (exact) mass is 597 g/mol. The van der Waals surface area contributed by atoms with E-state index in [9.17, 15) is 4.79 Å². The molecular formula is C29H34BrN4O3S+. The minimum Gasteiger partial charge on any atom is -0.470 e. The molecule has 2 atom stereocenters. The van der Waals surface area contributed by atoms with Crippen molar-refractivity contribution in [3.8, 4) is 28.3 Å². The number of fused-ring (bicyclic) bond motifs is 5. The van der Waals surface area contributed by atoms with Crippen LogP contribution in [0, 0.1) is 0 Å². The van der Waals surface area contributed by atoms with Crippen molar-refractivity contribution in [2.45, 2.75) is 58.9 Å². The van der Waals surface area contributed by atoms with Gasteiger partial charge in [0.15, 0.2) is 6.23 Å². The lowest BCUT2D eigenvalue weighted by atomic mass is 10.0. The van der Waals surface area contributed by atoms with E-state index in [1.165, 1.54) is 5.39 Å². The number of carbonyl (C=O) groups is 1. The van der Waals surface area contributed by atoms with Gasteiger partial charge < -0.3 is 19.0 Å². The lowest BCUT2D eigenvalue weighted by Crippen LogP contribution is -2.41. The number of amides is 1. The minimum atomic E-state index is -0.573. The highest BCUT2D eigenvalue weighted by Gasteiger charge is 2.32. The topological polar surface area (TPSA) is 72.4 Å². The van der Waals surface area contributed by atoms with Crippen LogP contribution in [0.1, 0.15) is 59.1 Å². The molecule has 0 bridgehead atoms. The molecule has 0 aliphatic carbocycles. The molecular weight excluding hydrogens is 564 g/mol. The second-order valence-electron chi connectivity index (χ2n) is 10.6. The summed E-state index contributed by atoms with van der Waals surface area (Å²) in [5, 5.41) is 1.17. The zero-order valence-corrected chi connectivity index (χ0v) is 24.9. The van der Waals surface area contributed by atoms with E-state index in [4.69, 9.17) is 9.47 Å². The van der Waals surface area contributed by atoms with Crippen molar-refractivity contribution in [3.05, 3.63) is 59.0 Å². The second kappa shape index (κ2) is 10.3. The van der Waals surface area contributed by atoms with Crippen LogP contribution < -0.4 is 4.74 Å². The van der Waals surface area contributed by atoms with Crippen LogP contribution in [0.15, 0.2) is 53.1 Å². The molecule has 2 aromatic carbocycles. The Balaban J connectivity index is 1.46. The maximum absolute atomic E-state index is 13.0. The number of aromatic nitrogens is 3. The number of carbonyl (C=O) groups excluding carboxylic acids is 1. The van der Waals surface area contributed by atoms with Gasteiger partial charge in [-0.1, -0.05) is 28.9 Å². The number of hydrogen-bond donors (Lipinski definition) is 1. The Morgan fingerprint density at radius 1 is 1.26 bits per heavy atom. The predicted octanol–water partition coefficient (Wildman–Crippen LogP) is 7.07. The molecule has 1 aliphatic rings. The molecule has 1 aliphatic heterocycles. The summed E-state index contributed by atoms with van der Waals surface area (Å²) >= 11 is 7.23. The van der Waals surface area contributed by atoms with Crippen LogP contribution in [0.3, 0.4) is 0 Å². The van der Waals surface area contributed by atoms with Crippen molar-refractivity contribution >= 4 is 45.6 Å². The summed E-state index contributed by atoms with van der Waals surface area (Å²) in [5.74, 6) is 2.06. The van der Waals surface area contributed by atoms with Gasteiger partial charge in [-0.05, 0) is 83.1 Å². The highest BCUT2D eigenvalue weighted by atomic mass is 79.9. The lowest BCUT2D eigenvalue weighted by molar-refractivity contribution is 0.0171. The molecule has 9 heteroatoms. The van der Waals surface area contributed by atoms with Gasteiger partial charge in [0.25, 0.3) is 0 Å². The number of aromatic amines is 1. The largest absolute Gasteiger partial charge is 0.470 e. The summed E-state index contributed by atoms with van der Waals surface area (Å²) in [6.07, 6.45) is 2.13. The summed E-state index contributed by atoms with van der Waals surface area (Å²) in [4.78, 5) is 22.8. The summed E-state index contributed by atoms with van der Waals surface area (Å²) in [5.41, 5.74) is 4.59. The Labute approximate surface area is 237 Å². The third-order valence-corrected chi connectivity index (χ3v) is 7.48. The van der Waals surface area contributed by atoms with Gasteiger partial charge in [0.1, 0.15) is 29.0 Å². The van der Waals surface area contributed by atoms with Crippen LogP contribution in [-0.2, 0) is 17.4 Å². The third-order valence-electron chi connectivity index (χ3n) is 6.60. The fourth-order valence-corrected chi connectivity index (χ4v) is 5.78. The molecule has 0 saturated heterocycles. The molecule has 0 saturated carbocycles. The van der Waals surface area contributed by atoms with Gasteiger partial charge in [0.05, 0.1) is 23.1 Å². The van der Waals surface area contributed by atoms with Crippen LogP contribution >= 0.6 is 15.9 Å². The SMILES string of the molecule is CCCN(C(=O)OC(C)(C)C)[C@@H](C[SH2+])c1ncc(-c2ccc3c(c2)OC(C)n2c-3cc3cc(Br)ccc32)[nH]1. The molecule has 3 heterocycles. The third kappa shape index (κ3) is 5.06. The van der Waals surface area contributed by atoms with Crippen molar-refractivity contribution in [3.63, 3.8) is 0 Å². The molecule has 4 aromatic rings. The number of nitrogens with zero attached hydrogens (tertiary/aromatic N) is 3. The molecule has 0 fully saturated rings. The van der Waals surface area contributed by atoms with E-state index < -0.39 is 5.60 Å². The summed E-state index contributed by atoms with van der Waals surface area (Å²) in [6.45, 7) is 10.3. The first-order valence-electron chi connectivity index (χ1n) is 12.9. The van der Waals surface area contributed by atoms with E-state index >= 15 is 0 Å². The average molecular weight is 599 g/mol. The Morgan fingerprint density at radius 2 is 2.05 bits per heavy atom. The first kappa shape index (κ1) is 26.7. The first-order chi connectivity index (χ1) is 18.1. The van der Waals surface area contributed by atoms with Gasteiger partial charge in [0, 0.05) is 27.5 Å². The predicted molar refractivity (Wildman–Crippen MR) is 159 cm³/mol. The highest BCUT2D eigenvalue weighted by molar-refractivity contribution is 9.10. The summed E-state index contributed by atoms with van der Waals surface area (Å²) in [6, 6.07) is 14.5. The number of halogens is 1. The zero-order chi connectivity index (χ0) is 27.2. The van der Waals surface area contributed by atoms with Crippen LogP contribution in [-0.4, -0.2) is 43.4 Å². The molecule has 0 radical (unpaired) electrons. The van der Waals surface area contributed by atoms with Gasteiger partial charge in [-0.2, -0.15) is 0 Å². The quantitative estimate of drug-likeness (QED) is 0.241. The number of ether oxygens (including phenoxy) is 2. The van der Waals surface area contributed by atoms with Crippen LogP contribution in [0.4, 0.5) is 4.79 Å². The molecule has 2 aromatic heterocycles. The minimum absolute atomic E-state index is 0.141. The van der Waals surface area contributed by atoms with Crippen molar-refractivity contribution < 1.29 is 14.3 Å². The van der Waals surface area contributed by atoms with Crippen molar-refractivity contribution in [1.82, 2.24) is 19.4 Å². The summed E-state index contributed by atoms with van der Waals surface area (Å²) in [7, 11) is 0. The van der Waals surface area contributed by atoms with Crippen molar-refractivity contribution in [2.75, 3.05) is 12.3 Å². The standard InChI is InChI=1S/C29H33BrN4O3S/c1-6-11-33(28(35)37-29(3,4)5)25(16-38)27-31-15-22(32-27)18-7-9-21-24-13-19-12-20(30)8-10-23(19)34(24)17(2)36-26(21)14-18/h7-10,12-15,17,25,38H,6,11,16H2,1-5H3,(H,31,32)/p+1/t17?,25-/m0/s1. The maximum Gasteiger partial charge on any atom is 0.411 e. The molecule has 0 spiro atoms. The number of nitrogens with one attached hydrogen (secondary N) is 1. The van der Waals surface area contributed by atoms with E-state index in [1.54, 1.807) is 4.90 Å². The molecule has 5 rings (SSSR count). The highest BCUT2D eigenvalue weighted by Crippen LogP contribution is 2.44. The number of benzene rings is 2. The van der Waals surface area contributed by atoms with E-state index in [0.29, 0.717) is 18.1 Å². The Hall–Kier alpha value is -2.91. The Kier molecular flexibility index (Phi) is 7.26. The Morgan fingerprint density at radius 3 is 2.76 bits per heavy atom. The van der Waals surface area contributed by atoms with E-state index in [0.717, 1.165) is 44.7 Å². The van der Waals surface area contributed by atoms with Crippen molar-refractivity contribution in [1.29, 1.82) is 0 Å². The lowest BCUT2D eigenvalue weighted by Gasteiger charge is -2.30. The van der Waals surface area contributed by atoms with E-state index in [-0.39, 0.29) is 18.4 Å². The van der Waals surface area contributed by atoms with Gasteiger partial charge in [-0.25, -0.2) is 9.78 Å². The molecule has 1 amide bonds. The second-order valence-corrected chi connectivity index (χ2v) is 11.9. The van der Waals surface area contributed by atoms with Gasteiger partial charge in [0.2, 0.25) is 0 Å². The number of rotatable bonds is 6. The van der Waals surface area contributed by atoms with E-state index in [2.05, 4.69) is 92.5 Å². The summed E-state index contributed by atoms with van der Waals surface area (Å²) < 4.78 is 15.3. The Bertz CT molecular complexity index is 1490. The maximum atomic E-state index is 13.0. The van der Waals surface area contributed by atoms with Crippen LogP contribution in [0.5, 0.6) is 5.75 Å². The molecule has 7 nitrogen and oxygen atoms in total. The normalized spacial score (nSPS) is 15.5. The average Bonchev–Trinajstić information content (AvgIpc) is 3.48. The fraction of sp³-hybridized carbons (Fsp3) is 0.379. The zero-order valence-electron chi connectivity index (χ0n) is 22.3. The smallest absolute Gasteiger partial charge is 0.411 e. The number of imidazole rings is 1. The molecule has 1 unspecified atom stereocenters. The first-order valence-corrected chi connectivity index (χ1v) is 14.4. The van der Waals surface area contributed by atoms with Crippen LogP contribution in [0.2, 0.25) is 0 Å². The fourth-order valence-electron chi connectivity index (χ4n) is 4.98. The van der Waals surface area contributed by atoms with Gasteiger partial charge in [-0.3, -0.25) is 4.90 Å². The number of hydrogen-bond acceptors (Lipinski definition) is 4.